The summed E-state index contributed by atoms with van der Waals surface area (Å²) in [5.41, 5.74) is 3.97. The summed E-state index contributed by atoms with van der Waals surface area (Å²) in [6, 6.07) is 14.8. The predicted octanol–water partition coefficient (Wildman–Crippen LogP) is 6.46. The number of ether oxygens (including phenoxy) is 3. The maximum absolute atomic E-state index is 13.4. The number of amides is 3. The summed E-state index contributed by atoms with van der Waals surface area (Å²) in [6.07, 6.45) is 6.33. The second-order valence-corrected chi connectivity index (χ2v) is 13.8. The zero-order valence-electron chi connectivity index (χ0n) is 27.9. The Labute approximate surface area is 277 Å². The summed E-state index contributed by atoms with van der Waals surface area (Å²) in [5.74, 6) is -0.842. The molecule has 1 unspecified atom stereocenters. The lowest BCUT2D eigenvalue weighted by molar-refractivity contribution is -0.155. The van der Waals surface area contributed by atoms with E-state index in [0.29, 0.717) is 45.2 Å². The molecule has 5 rings (SSSR count). The van der Waals surface area contributed by atoms with Crippen LogP contribution in [0.5, 0.6) is 0 Å². The number of likely N-dealkylation sites (tertiary alicyclic amines) is 1. The number of esters is 1. The number of hydrogen-bond donors (Lipinski definition) is 2. The highest BCUT2D eigenvalue weighted by molar-refractivity contribution is 5.90. The van der Waals surface area contributed by atoms with Crippen molar-refractivity contribution < 1.29 is 33.4 Å². The second-order valence-electron chi connectivity index (χ2n) is 13.8. The van der Waals surface area contributed by atoms with Gasteiger partial charge < -0.3 is 24.8 Å². The molecular formula is C37H49N3O7. The maximum Gasteiger partial charge on any atom is 0.410 e. The molecule has 1 heterocycles. The van der Waals surface area contributed by atoms with Crippen LogP contribution in [0, 0.1) is 0 Å². The molecule has 0 aromatic heterocycles. The number of benzene rings is 2. The molecule has 1 aliphatic heterocycles. The quantitative estimate of drug-likeness (QED) is 0.163. The van der Waals surface area contributed by atoms with Gasteiger partial charge in [0, 0.05) is 19.0 Å². The molecule has 254 valence electrons. The van der Waals surface area contributed by atoms with Crippen LogP contribution in [-0.4, -0.2) is 72.4 Å². The molecule has 3 aliphatic rings. The number of fused-ring (bicyclic) bond motifs is 3. The van der Waals surface area contributed by atoms with E-state index < -0.39 is 35.8 Å². The molecule has 0 radical (unpaired) electrons. The van der Waals surface area contributed by atoms with Crippen molar-refractivity contribution in [3.05, 3.63) is 59.7 Å². The Bertz CT molecular complexity index is 1370. The van der Waals surface area contributed by atoms with Gasteiger partial charge in [-0.15, -0.1) is 0 Å². The van der Waals surface area contributed by atoms with Gasteiger partial charge in [-0.05, 0) is 101 Å². The monoisotopic (exact) mass is 647 g/mol. The third-order valence-corrected chi connectivity index (χ3v) is 9.15. The van der Waals surface area contributed by atoms with E-state index in [4.69, 9.17) is 14.2 Å². The van der Waals surface area contributed by atoms with Gasteiger partial charge in [0.1, 0.15) is 30.4 Å². The normalized spacial score (nSPS) is 18.5. The smallest absolute Gasteiger partial charge is 0.410 e. The first-order valence-electron chi connectivity index (χ1n) is 17.2. The molecule has 0 spiro atoms. The number of alkyl carbamates (subject to hydrolysis) is 1. The van der Waals surface area contributed by atoms with E-state index in [2.05, 4.69) is 34.9 Å². The number of nitrogens with one attached hydrogen (secondary N) is 2. The van der Waals surface area contributed by atoms with Gasteiger partial charge in [0.05, 0.1) is 0 Å². The van der Waals surface area contributed by atoms with E-state index in [9.17, 15) is 19.2 Å². The molecule has 10 nitrogen and oxygen atoms in total. The van der Waals surface area contributed by atoms with Gasteiger partial charge in [-0.25, -0.2) is 14.4 Å². The van der Waals surface area contributed by atoms with Crippen LogP contribution < -0.4 is 10.6 Å². The fourth-order valence-electron chi connectivity index (χ4n) is 6.84. The fraction of sp³-hybridized carbons (Fsp3) is 0.568. The number of rotatable bonds is 11. The van der Waals surface area contributed by atoms with Gasteiger partial charge in [0.2, 0.25) is 5.91 Å². The summed E-state index contributed by atoms with van der Waals surface area (Å²) < 4.78 is 17.0. The molecule has 0 bridgehead atoms. The second kappa shape index (κ2) is 15.7. The number of carbonyl (C=O) groups excluding carboxylic acids is 4. The number of carbonyl (C=O) groups is 4. The van der Waals surface area contributed by atoms with E-state index in [1.54, 1.807) is 20.8 Å². The third-order valence-electron chi connectivity index (χ3n) is 9.15. The lowest BCUT2D eigenvalue weighted by Crippen LogP contribution is -2.52. The molecular weight excluding hydrogens is 598 g/mol. The van der Waals surface area contributed by atoms with Crippen molar-refractivity contribution in [2.45, 2.75) is 115 Å². The van der Waals surface area contributed by atoms with Crippen LogP contribution in [0.1, 0.15) is 102 Å². The molecule has 1 saturated heterocycles. The van der Waals surface area contributed by atoms with Gasteiger partial charge in [-0.3, -0.25) is 9.69 Å². The maximum atomic E-state index is 13.4. The summed E-state index contributed by atoms with van der Waals surface area (Å²) >= 11 is 0. The van der Waals surface area contributed by atoms with Crippen LogP contribution in [0.2, 0.25) is 0 Å². The van der Waals surface area contributed by atoms with Crippen molar-refractivity contribution in [3.63, 3.8) is 0 Å². The minimum atomic E-state index is -0.847. The zero-order chi connectivity index (χ0) is 33.4. The zero-order valence-corrected chi connectivity index (χ0v) is 27.9. The Morgan fingerprint density at radius 1 is 0.872 bits per heavy atom. The minimum absolute atomic E-state index is 0.0150. The van der Waals surface area contributed by atoms with Crippen LogP contribution in [0.4, 0.5) is 9.59 Å². The first-order valence-corrected chi connectivity index (χ1v) is 17.2. The highest BCUT2D eigenvalue weighted by Crippen LogP contribution is 2.44. The standard InChI is InChI=1S/C37H49N3O7/c1-37(2,3)47-36(44)40-23-13-21-32(40)33(41)39-31(34(42)46-25-14-5-4-6-15-25)20-11-12-22-38-35(43)45-24-30-28-18-9-7-16-26(28)27-17-8-10-19-29(27)30/h7-10,16-19,25,30-32H,4-6,11-15,20-24H2,1-3H3,(H,38,43)(H,39,41)/t31-,32?/m0/s1. The van der Waals surface area contributed by atoms with E-state index >= 15 is 0 Å². The largest absolute Gasteiger partial charge is 0.461 e. The highest BCUT2D eigenvalue weighted by Gasteiger charge is 2.38. The van der Waals surface area contributed by atoms with Crippen LogP contribution in [-0.2, 0) is 23.8 Å². The fourth-order valence-corrected chi connectivity index (χ4v) is 6.84. The predicted molar refractivity (Wildman–Crippen MR) is 178 cm³/mol. The van der Waals surface area contributed by atoms with Gasteiger partial charge in [0.25, 0.3) is 0 Å². The summed E-state index contributed by atoms with van der Waals surface area (Å²) in [4.78, 5) is 53.5. The summed E-state index contributed by atoms with van der Waals surface area (Å²) in [7, 11) is 0. The molecule has 2 aromatic rings. The molecule has 2 atom stereocenters. The molecule has 2 aromatic carbocycles. The van der Waals surface area contributed by atoms with Gasteiger partial charge in [0.15, 0.2) is 0 Å². The van der Waals surface area contributed by atoms with E-state index in [1.165, 1.54) is 16.0 Å². The third kappa shape index (κ3) is 9.05. The Morgan fingerprint density at radius 3 is 2.19 bits per heavy atom. The van der Waals surface area contributed by atoms with Crippen LogP contribution in [0.15, 0.2) is 48.5 Å². The SMILES string of the molecule is CC(C)(C)OC(=O)N1CCCC1C(=O)N[C@@H](CCCCNC(=O)OCC1c2ccccc2-c2ccccc21)C(=O)OC1CCCCC1. The van der Waals surface area contributed by atoms with E-state index in [0.717, 1.165) is 43.2 Å². The average molecular weight is 648 g/mol. The Morgan fingerprint density at radius 2 is 1.53 bits per heavy atom. The molecule has 10 heteroatoms. The molecule has 2 N–H and O–H groups in total. The van der Waals surface area contributed by atoms with Crippen molar-refractivity contribution in [1.82, 2.24) is 15.5 Å². The molecule has 47 heavy (non-hydrogen) atoms. The Hall–Kier alpha value is -4.08. The molecule has 3 amide bonds. The lowest BCUT2D eigenvalue weighted by Gasteiger charge is -2.29. The highest BCUT2D eigenvalue weighted by atomic mass is 16.6. The summed E-state index contributed by atoms with van der Waals surface area (Å²) in [6.45, 7) is 6.39. The van der Waals surface area contributed by atoms with E-state index in [1.807, 2.05) is 24.3 Å². The Kier molecular flexibility index (Phi) is 11.4. The van der Waals surface area contributed by atoms with Crippen molar-refractivity contribution in [1.29, 1.82) is 0 Å². The van der Waals surface area contributed by atoms with Crippen LogP contribution >= 0.6 is 0 Å². The van der Waals surface area contributed by atoms with Crippen molar-refractivity contribution in [3.8, 4) is 11.1 Å². The van der Waals surface area contributed by atoms with Gasteiger partial charge >= 0.3 is 18.2 Å². The van der Waals surface area contributed by atoms with Crippen molar-refractivity contribution >= 4 is 24.1 Å². The molecule has 1 saturated carbocycles. The number of nitrogens with zero attached hydrogens (tertiary/aromatic N) is 1. The van der Waals surface area contributed by atoms with Gasteiger partial charge in [-0.2, -0.15) is 0 Å². The first kappa shape index (κ1) is 34.3. The molecule has 2 fully saturated rings. The van der Waals surface area contributed by atoms with Gasteiger partial charge in [-0.1, -0.05) is 55.0 Å². The van der Waals surface area contributed by atoms with Crippen molar-refractivity contribution in [2.75, 3.05) is 19.7 Å². The number of unbranched alkanes of at least 4 members (excludes halogenated alkanes) is 1. The van der Waals surface area contributed by atoms with E-state index in [-0.39, 0.29) is 24.5 Å². The average Bonchev–Trinajstić information content (AvgIpc) is 3.66. The topological polar surface area (TPSA) is 123 Å². The van der Waals surface area contributed by atoms with Crippen LogP contribution in [0.25, 0.3) is 11.1 Å². The molecule has 2 aliphatic carbocycles. The van der Waals surface area contributed by atoms with Crippen molar-refractivity contribution in [2.24, 2.45) is 0 Å². The summed E-state index contributed by atoms with van der Waals surface area (Å²) in [5, 5.41) is 5.71. The van der Waals surface area contributed by atoms with Crippen LogP contribution in [0.3, 0.4) is 0 Å². The lowest BCUT2D eigenvalue weighted by atomic mass is 9.97. The minimum Gasteiger partial charge on any atom is -0.461 e. The first-order chi connectivity index (χ1) is 22.6. The number of hydrogen-bond acceptors (Lipinski definition) is 7. The Balaban J connectivity index is 1.10.